The van der Waals surface area contributed by atoms with Crippen molar-refractivity contribution in [2.45, 2.75) is 49.7 Å². The van der Waals surface area contributed by atoms with Crippen LogP contribution in [0.3, 0.4) is 0 Å². The van der Waals surface area contributed by atoms with E-state index >= 15 is 0 Å². The van der Waals surface area contributed by atoms with Crippen LogP contribution in [-0.4, -0.2) is 50.0 Å². The van der Waals surface area contributed by atoms with Gasteiger partial charge in [-0.2, -0.15) is 5.10 Å². The summed E-state index contributed by atoms with van der Waals surface area (Å²) in [6, 6.07) is 3.21. The monoisotopic (exact) mass is 520 g/mol. The molecule has 1 aromatic carbocycles. The second-order valence-electron chi connectivity index (χ2n) is 9.22. The van der Waals surface area contributed by atoms with Crippen LogP contribution >= 0.6 is 11.3 Å². The Labute approximate surface area is 203 Å². The third-order valence-corrected chi connectivity index (χ3v) is 9.07. The predicted octanol–water partition coefficient (Wildman–Crippen LogP) is 3.08. The Morgan fingerprint density at radius 3 is 2.71 bits per heavy atom. The van der Waals surface area contributed by atoms with Crippen molar-refractivity contribution in [3.05, 3.63) is 35.4 Å². The summed E-state index contributed by atoms with van der Waals surface area (Å²) in [7, 11) is -2.09. The number of benzene rings is 1. The molecule has 0 spiro atoms. The van der Waals surface area contributed by atoms with Crippen LogP contribution in [0.25, 0.3) is 21.6 Å². The quantitative estimate of drug-likeness (QED) is 0.416. The van der Waals surface area contributed by atoms with Gasteiger partial charge in [-0.25, -0.2) is 26.9 Å². The Bertz CT molecular complexity index is 1550. The molecule has 0 amide bonds. The van der Waals surface area contributed by atoms with Gasteiger partial charge in [-0.3, -0.25) is 4.68 Å². The lowest BCUT2D eigenvalue weighted by molar-refractivity contribution is 0.150. The topological polar surface area (TPSA) is 111 Å². The summed E-state index contributed by atoms with van der Waals surface area (Å²) in [6.07, 6.45) is 2.38. The molecular formula is C21H22F2N8O2S2. The van der Waals surface area contributed by atoms with Gasteiger partial charge in [0, 0.05) is 37.3 Å². The molecule has 4 heterocycles. The van der Waals surface area contributed by atoms with Crippen molar-refractivity contribution < 1.29 is 17.2 Å². The highest BCUT2D eigenvalue weighted by Gasteiger charge is 2.41. The minimum Gasteiger partial charge on any atom is -0.362 e. The Balaban J connectivity index is 1.54. The Morgan fingerprint density at radius 2 is 2.00 bits per heavy atom. The third-order valence-electron chi connectivity index (χ3n) is 6.52. The van der Waals surface area contributed by atoms with Gasteiger partial charge in [0.05, 0.1) is 34.7 Å². The van der Waals surface area contributed by atoms with Crippen molar-refractivity contribution in [3.8, 4) is 10.7 Å². The van der Waals surface area contributed by atoms with Crippen LogP contribution in [0.4, 0.5) is 14.5 Å². The maximum Gasteiger partial charge on any atom is 0.291 e. The molecule has 0 atom stereocenters. The van der Waals surface area contributed by atoms with Crippen molar-refractivity contribution in [3.63, 3.8) is 0 Å². The maximum absolute atomic E-state index is 13.4. The van der Waals surface area contributed by atoms with Crippen LogP contribution < -0.4 is 9.62 Å². The molecule has 10 nitrogen and oxygen atoms in total. The highest BCUT2D eigenvalue weighted by molar-refractivity contribution is 7.89. The number of halogens is 2. The first-order valence-corrected chi connectivity index (χ1v) is 13.3. The van der Waals surface area contributed by atoms with Crippen LogP contribution in [-0.2, 0) is 30.2 Å². The van der Waals surface area contributed by atoms with Crippen LogP contribution in [0.5, 0.6) is 0 Å². The van der Waals surface area contributed by atoms with Crippen LogP contribution in [0.1, 0.15) is 36.9 Å². The van der Waals surface area contributed by atoms with Gasteiger partial charge in [0.1, 0.15) is 5.69 Å². The molecular weight excluding hydrogens is 498 g/mol. The molecule has 1 saturated carbocycles. The molecule has 1 aliphatic heterocycles. The summed E-state index contributed by atoms with van der Waals surface area (Å²) in [5.41, 5.74) is 2.27. The fourth-order valence-corrected chi connectivity index (χ4v) is 6.61. The molecule has 2 aliphatic rings. The summed E-state index contributed by atoms with van der Waals surface area (Å²) in [5, 5.41) is 12.4. The second-order valence-corrected chi connectivity index (χ2v) is 11.9. The number of imidazole rings is 1. The number of sulfonamides is 1. The summed E-state index contributed by atoms with van der Waals surface area (Å²) in [4.78, 5) is 6.40. The summed E-state index contributed by atoms with van der Waals surface area (Å²) in [5.74, 6) is 0. The van der Waals surface area contributed by atoms with Gasteiger partial charge in [0.2, 0.25) is 10.0 Å². The number of nitrogens with zero attached hydrogens (tertiary/aromatic N) is 7. The summed E-state index contributed by atoms with van der Waals surface area (Å²) >= 11 is 0.751. The highest BCUT2D eigenvalue weighted by Crippen LogP contribution is 2.40. The van der Waals surface area contributed by atoms with E-state index in [9.17, 15) is 17.2 Å². The molecule has 1 aliphatic carbocycles. The fourth-order valence-electron chi connectivity index (χ4n) is 4.40. The second kappa shape index (κ2) is 7.77. The molecule has 184 valence electrons. The van der Waals surface area contributed by atoms with Crippen molar-refractivity contribution >= 4 is 38.0 Å². The molecule has 0 unspecified atom stereocenters. The van der Waals surface area contributed by atoms with Gasteiger partial charge in [-0.05, 0) is 31.9 Å². The van der Waals surface area contributed by atoms with Gasteiger partial charge >= 0.3 is 0 Å². The van der Waals surface area contributed by atoms with E-state index in [0.29, 0.717) is 41.9 Å². The van der Waals surface area contributed by atoms with Crippen molar-refractivity contribution in [1.29, 1.82) is 0 Å². The molecule has 3 aromatic heterocycles. The Kier molecular flexibility index (Phi) is 4.99. The van der Waals surface area contributed by atoms with Crippen LogP contribution in [0, 0.1) is 0 Å². The summed E-state index contributed by atoms with van der Waals surface area (Å²) in [6.45, 7) is 3.75. The number of anilines is 1. The molecule has 1 N–H and O–H groups in total. The Morgan fingerprint density at radius 1 is 1.20 bits per heavy atom. The smallest absolute Gasteiger partial charge is 0.291 e. The lowest BCUT2D eigenvalue weighted by Gasteiger charge is -2.31. The van der Waals surface area contributed by atoms with E-state index in [1.165, 1.54) is 0 Å². The molecule has 0 saturated heterocycles. The van der Waals surface area contributed by atoms with E-state index in [-0.39, 0.29) is 9.90 Å². The minimum absolute atomic E-state index is 0.0973. The average molecular weight is 521 g/mol. The number of nitrogens with one attached hydrogen (secondary N) is 1. The van der Waals surface area contributed by atoms with Gasteiger partial charge < -0.3 is 9.47 Å². The Hall–Kier alpha value is -2.97. The number of alkyl halides is 2. The van der Waals surface area contributed by atoms with Gasteiger partial charge in [0.25, 0.3) is 6.43 Å². The number of hydrogen-bond acceptors (Lipinski definition) is 8. The molecule has 6 rings (SSSR count). The molecule has 0 bridgehead atoms. The molecule has 4 aromatic rings. The molecule has 14 heteroatoms. The lowest BCUT2D eigenvalue weighted by Crippen LogP contribution is -2.35. The standard InChI is InChI=1S/C21H22F2N8O2S2/c1-21(3-4-21)28-35(32,33)13-7-14-16(19-25-26-20(34-19)18(22)23)27-29(2)17(14)15(8-13)30-5-6-31-11-24-9-12(31)10-30/h7-9,11,18,28H,3-6,10H2,1-2H3. The first kappa shape index (κ1) is 22.5. The van der Waals surface area contributed by atoms with E-state index in [4.69, 9.17) is 0 Å². The first-order valence-electron chi connectivity index (χ1n) is 11.0. The third kappa shape index (κ3) is 3.89. The first-order chi connectivity index (χ1) is 16.6. The van der Waals surface area contributed by atoms with Gasteiger partial charge in [-0.1, -0.05) is 11.3 Å². The van der Waals surface area contributed by atoms with Gasteiger partial charge in [-0.15, -0.1) is 10.2 Å². The van der Waals surface area contributed by atoms with Crippen molar-refractivity contribution in [2.75, 3.05) is 11.4 Å². The zero-order valence-corrected chi connectivity index (χ0v) is 20.6. The van der Waals surface area contributed by atoms with E-state index < -0.39 is 27.0 Å². The van der Waals surface area contributed by atoms with Crippen molar-refractivity contribution in [2.24, 2.45) is 7.05 Å². The average Bonchev–Trinajstić information content (AvgIpc) is 3.23. The van der Waals surface area contributed by atoms with E-state index in [2.05, 4.69) is 34.5 Å². The number of aromatic nitrogens is 6. The number of fused-ring (bicyclic) bond motifs is 2. The zero-order valence-electron chi connectivity index (χ0n) is 18.9. The van der Waals surface area contributed by atoms with E-state index in [1.807, 2.05) is 6.92 Å². The summed E-state index contributed by atoms with van der Waals surface area (Å²) < 4.78 is 59.6. The number of hydrogen-bond donors (Lipinski definition) is 1. The number of rotatable bonds is 6. The normalized spacial score (nSPS) is 17.3. The van der Waals surface area contributed by atoms with Crippen LogP contribution in [0.2, 0.25) is 0 Å². The zero-order chi connectivity index (χ0) is 24.5. The van der Waals surface area contributed by atoms with Crippen LogP contribution in [0.15, 0.2) is 29.6 Å². The largest absolute Gasteiger partial charge is 0.362 e. The predicted molar refractivity (Wildman–Crippen MR) is 126 cm³/mol. The molecule has 35 heavy (non-hydrogen) atoms. The highest BCUT2D eigenvalue weighted by atomic mass is 32.2. The van der Waals surface area contributed by atoms with Crippen molar-refractivity contribution in [1.82, 2.24) is 34.3 Å². The minimum atomic E-state index is -3.84. The maximum atomic E-state index is 13.4. The van der Waals surface area contributed by atoms with Gasteiger partial charge in [0.15, 0.2) is 10.0 Å². The molecule has 0 radical (unpaired) electrons. The number of aryl methyl sites for hydroxylation is 1. The SMILES string of the molecule is Cn1nc(-c2nnc(C(F)F)s2)c2cc(S(=O)(=O)NC3(C)CC3)cc(N3CCn4cncc4C3)c21. The van der Waals surface area contributed by atoms with E-state index in [1.54, 1.807) is 36.4 Å². The fraction of sp³-hybridized carbons (Fsp3) is 0.429. The lowest BCUT2D eigenvalue weighted by atomic mass is 10.1. The molecule has 1 fully saturated rings. The van der Waals surface area contributed by atoms with E-state index in [0.717, 1.165) is 29.9 Å².